The van der Waals surface area contributed by atoms with E-state index in [-0.39, 0.29) is 17.9 Å². The Morgan fingerprint density at radius 3 is 2.12 bits per heavy atom. The predicted molar refractivity (Wildman–Crippen MR) is 131 cm³/mol. The predicted octanol–water partition coefficient (Wildman–Crippen LogP) is 6.78. The first-order valence-electron chi connectivity index (χ1n) is 11.3. The molecule has 3 aromatic rings. The van der Waals surface area contributed by atoms with Crippen molar-refractivity contribution in [1.29, 1.82) is 0 Å². The van der Waals surface area contributed by atoms with Gasteiger partial charge in [-0.1, -0.05) is 75.4 Å². The van der Waals surface area contributed by atoms with Crippen molar-refractivity contribution in [3.8, 4) is 0 Å². The second kappa shape index (κ2) is 9.92. The standard InChI is InChI=1S/C28H31F3N2O/c1-19-7-5-10-24(32)25(19)26(34)33(18-21-11-13-22(14-12-21)27(2,3)4)16-15-20-8-6-9-23(17-20)28(29,30)31/h5-14,17H,15-16,18,32H2,1-4H3. The molecule has 0 radical (unpaired) electrons. The number of halogens is 3. The number of nitrogens with two attached hydrogens (primary N) is 1. The molecule has 1 amide bonds. The van der Waals surface area contributed by atoms with Gasteiger partial charge in [0.1, 0.15) is 0 Å². The average Bonchev–Trinajstić information content (AvgIpc) is 2.75. The summed E-state index contributed by atoms with van der Waals surface area (Å²) in [6, 6.07) is 18.6. The Morgan fingerprint density at radius 1 is 0.882 bits per heavy atom. The number of amides is 1. The Bertz CT molecular complexity index is 1130. The van der Waals surface area contributed by atoms with E-state index < -0.39 is 11.7 Å². The maximum absolute atomic E-state index is 13.5. The van der Waals surface area contributed by atoms with E-state index in [1.807, 2.05) is 37.3 Å². The summed E-state index contributed by atoms with van der Waals surface area (Å²) in [5, 5.41) is 0. The highest BCUT2D eigenvalue weighted by Crippen LogP contribution is 2.30. The second-order valence-corrected chi connectivity index (χ2v) is 9.66. The van der Waals surface area contributed by atoms with Gasteiger partial charge in [0.05, 0.1) is 11.1 Å². The van der Waals surface area contributed by atoms with Crippen molar-refractivity contribution in [1.82, 2.24) is 4.90 Å². The van der Waals surface area contributed by atoms with E-state index >= 15 is 0 Å². The van der Waals surface area contributed by atoms with Gasteiger partial charge in [-0.25, -0.2) is 0 Å². The number of anilines is 1. The summed E-state index contributed by atoms with van der Waals surface area (Å²) >= 11 is 0. The van der Waals surface area contributed by atoms with Crippen LogP contribution in [0.2, 0.25) is 0 Å². The van der Waals surface area contributed by atoms with Crippen LogP contribution >= 0.6 is 0 Å². The Morgan fingerprint density at radius 2 is 1.53 bits per heavy atom. The van der Waals surface area contributed by atoms with Crippen LogP contribution in [0.5, 0.6) is 0 Å². The lowest BCUT2D eigenvalue weighted by atomic mass is 9.87. The molecule has 0 saturated heterocycles. The summed E-state index contributed by atoms with van der Waals surface area (Å²) in [6.07, 6.45) is -4.11. The van der Waals surface area contributed by atoms with Crippen molar-refractivity contribution in [3.63, 3.8) is 0 Å². The largest absolute Gasteiger partial charge is 0.416 e. The number of alkyl halides is 3. The molecule has 0 aliphatic carbocycles. The Balaban J connectivity index is 1.88. The lowest BCUT2D eigenvalue weighted by Gasteiger charge is -2.25. The van der Waals surface area contributed by atoms with Gasteiger partial charge in [-0.3, -0.25) is 4.79 Å². The fourth-order valence-electron chi connectivity index (χ4n) is 3.89. The zero-order valence-electron chi connectivity index (χ0n) is 20.0. The van der Waals surface area contributed by atoms with Gasteiger partial charge in [-0.2, -0.15) is 13.2 Å². The molecule has 0 aliphatic heterocycles. The van der Waals surface area contributed by atoms with Crippen LogP contribution in [0.15, 0.2) is 66.7 Å². The lowest BCUT2D eigenvalue weighted by molar-refractivity contribution is -0.137. The van der Waals surface area contributed by atoms with E-state index in [1.54, 1.807) is 23.1 Å². The molecule has 0 fully saturated rings. The van der Waals surface area contributed by atoms with Crippen LogP contribution in [-0.2, 0) is 24.6 Å². The molecule has 0 saturated carbocycles. The number of hydrogen-bond acceptors (Lipinski definition) is 2. The van der Waals surface area contributed by atoms with E-state index in [9.17, 15) is 18.0 Å². The first-order chi connectivity index (χ1) is 15.9. The van der Waals surface area contributed by atoms with Gasteiger partial charge in [0.2, 0.25) is 0 Å². The van der Waals surface area contributed by atoms with Crippen molar-refractivity contribution in [2.45, 2.75) is 52.3 Å². The normalized spacial score (nSPS) is 12.0. The molecule has 2 N–H and O–H groups in total. The number of benzene rings is 3. The summed E-state index contributed by atoms with van der Waals surface area (Å²) < 4.78 is 39.4. The molecule has 0 atom stereocenters. The van der Waals surface area contributed by atoms with Crippen LogP contribution in [0.4, 0.5) is 18.9 Å². The van der Waals surface area contributed by atoms with Crippen molar-refractivity contribution in [3.05, 3.63) is 100 Å². The number of aryl methyl sites for hydroxylation is 1. The molecule has 0 unspecified atom stereocenters. The molecule has 6 heteroatoms. The monoisotopic (exact) mass is 468 g/mol. The van der Waals surface area contributed by atoms with Gasteiger partial charge in [0.25, 0.3) is 5.91 Å². The minimum absolute atomic E-state index is 0.00708. The average molecular weight is 469 g/mol. The van der Waals surface area contributed by atoms with Crippen LogP contribution in [0.1, 0.15) is 58.9 Å². The van der Waals surface area contributed by atoms with Crippen LogP contribution in [0, 0.1) is 6.92 Å². The minimum atomic E-state index is -4.41. The molecule has 0 spiro atoms. The summed E-state index contributed by atoms with van der Waals surface area (Å²) in [7, 11) is 0. The van der Waals surface area contributed by atoms with Crippen LogP contribution in [-0.4, -0.2) is 17.4 Å². The van der Waals surface area contributed by atoms with Gasteiger partial charge in [-0.05, 0) is 53.1 Å². The summed E-state index contributed by atoms with van der Waals surface area (Å²) in [5.41, 5.74) is 9.66. The summed E-state index contributed by atoms with van der Waals surface area (Å²) in [6.45, 7) is 8.81. The number of nitrogens with zero attached hydrogens (tertiary/aromatic N) is 1. The lowest BCUT2D eigenvalue weighted by Crippen LogP contribution is -2.33. The number of nitrogen functional groups attached to an aromatic ring is 1. The maximum atomic E-state index is 13.5. The fourth-order valence-corrected chi connectivity index (χ4v) is 3.89. The minimum Gasteiger partial charge on any atom is -0.398 e. The van der Waals surface area contributed by atoms with Gasteiger partial charge in [0, 0.05) is 18.8 Å². The first-order valence-corrected chi connectivity index (χ1v) is 11.3. The van der Waals surface area contributed by atoms with Gasteiger partial charge >= 0.3 is 6.18 Å². The van der Waals surface area contributed by atoms with Crippen molar-refractivity contribution in [2.24, 2.45) is 0 Å². The highest BCUT2D eigenvalue weighted by molar-refractivity contribution is 6.00. The van der Waals surface area contributed by atoms with E-state index in [0.29, 0.717) is 29.8 Å². The number of carbonyl (C=O) groups is 1. The third-order valence-corrected chi connectivity index (χ3v) is 5.92. The fraction of sp³-hybridized carbons (Fsp3) is 0.321. The molecule has 180 valence electrons. The third-order valence-electron chi connectivity index (χ3n) is 5.92. The van der Waals surface area contributed by atoms with Crippen molar-refractivity contribution in [2.75, 3.05) is 12.3 Å². The zero-order chi connectivity index (χ0) is 25.1. The Labute approximate surface area is 199 Å². The van der Waals surface area contributed by atoms with Crippen LogP contribution < -0.4 is 5.73 Å². The van der Waals surface area contributed by atoms with Crippen molar-refractivity contribution < 1.29 is 18.0 Å². The molecule has 3 nitrogen and oxygen atoms in total. The van der Waals surface area contributed by atoms with Crippen LogP contribution in [0.3, 0.4) is 0 Å². The van der Waals surface area contributed by atoms with Gasteiger partial charge in [-0.15, -0.1) is 0 Å². The van der Waals surface area contributed by atoms with Gasteiger partial charge in [0.15, 0.2) is 0 Å². The Kier molecular flexibility index (Phi) is 7.39. The Hall–Kier alpha value is -3.28. The number of hydrogen-bond donors (Lipinski definition) is 1. The highest BCUT2D eigenvalue weighted by Gasteiger charge is 2.30. The highest BCUT2D eigenvalue weighted by atomic mass is 19.4. The van der Waals surface area contributed by atoms with Crippen molar-refractivity contribution >= 4 is 11.6 Å². The molecule has 3 rings (SSSR count). The summed E-state index contributed by atoms with van der Waals surface area (Å²) in [4.78, 5) is 15.2. The molecule has 3 aromatic carbocycles. The smallest absolute Gasteiger partial charge is 0.398 e. The van der Waals surface area contributed by atoms with E-state index in [4.69, 9.17) is 5.73 Å². The summed E-state index contributed by atoms with van der Waals surface area (Å²) in [5.74, 6) is -0.234. The quantitative estimate of drug-likeness (QED) is 0.406. The first kappa shape index (κ1) is 25.3. The van der Waals surface area contributed by atoms with E-state index in [0.717, 1.165) is 23.3 Å². The molecular weight excluding hydrogens is 437 g/mol. The molecule has 0 aromatic heterocycles. The second-order valence-electron chi connectivity index (χ2n) is 9.66. The number of carbonyl (C=O) groups excluding carboxylic acids is 1. The molecule has 34 heavy (non-hydrogen) atoms. The molecule has 0 aliphatic rings. The SMILES string of the molecule is Cc1cccc(N)c1C(=O)N(CCc1cccc(C(F)(F)F)c1)Cc1ccc(C(C)(C)C)cc1. The molecule has 0 bridgehead atoms. The van der Waals surface area contributed by atoms with Gasteiger partial charge < -0.3 is 10.6 Å². The maximum Gasteiger partial charge on any atom is 0.416 e. The number of rotatable bonds is 6. The van der Waals surface area contributed by atoms with E-state index in [1.165, 1.54) is 11.6 Å². The van der Waals surface area contributed by atoms with E-state index in [2.05, 4.69) is 20.8 Å². The molecule has 0 heterocycles. The zero-order valence-corrected chi connectivity index (χ0v) is 20.0. The van der Waals surface area contributed by atoms with Crippen LogP contribution in [0.25, 0.3) is 0 Å². The molecular formula is C28H31F3N2O. The topological polar surface area (TPSA) is 46.3 Å². The third kappa shape index (κ3) is 6.19.